The molecule has 0 atom stereocenters. The number of benzene rings is 1. The third kappa shape index (κ3) is 4.73. The van der Waals surface area contributed by atoms with Crippen LogP contribution in [0.5, 0.6) is 0 Å². The molecule has 0 unspecified atom stereocenters. The van der Waals surface area contributed by atoms with Gasteiger partial charge in [-0.05, 0) is 32.8 Å². The fraction of sp³-hybridized carbons (Fsp3) is 0.579. The van der Waals surface area contributed by atoms with Crippen molar-refractivity contribution in [3.63, 3.8) is 0 Å². The summed E-state index contributed by atoms with van der Waals surface area (Å²) in [5, 5.41) is 0. The van der Waals surface area contributed by atoms with E-state index in [-0.39, 0.29) is 11.9 Å². The van der Waals surface area contributed by atoms with Gasteiger partial charge in [-0.15, -0.1) is 0 Å². The SMILES string of the molecule is CCN(CC)C(=O)N1CCN(C(=O)CCc2ccc(C)cc2)CC1. The van der Waals surface area contributed by atoms with Crippen LogP contribution in [-0.4, -0.2) is 65.9 Å². The van der Waals surface area contributed by atoms with Crippen LogP contribution in [0.25, 0.3) is 0 Å². The highest BCUT2D eigenvalue weighted by molar-refractivity contribution is 5.78. The number of amides is 3. The second kappa shape index (κ2) is 8.71. The van der Waals surface area contributed by atoms with Crippen LogP contribution in [0.2, 0.25) is 0 Å². The van der Waals surface area contributed by atoms with Gasteiger partial charge in [0.1, 0.15) is 0 Å². The lowest BCUT2D eigenvalue weighted by molar-refractivity contribution is -0.132. The molecule has 1 heterocycles. The highest BCUT2D eigenvalue weighted by Gasteiger charge is 2.25. The van der Waals surface area contributed by atoms with Crippen molar-refractivity contribution in [3.8, 4) is 0 Å². The largest absolute Gasteiger partial charge is 0.339 e. The lowest BCUT2D eigenvalue weighted by Crippen LogP contribution is -2.54. The van der Waals surface area contributed by atoms with Crippen LogP contribution in [0.3, 0.4) is 0 Å². The summed E-state index contributed by atoms with van der Waals surface area (Å²) >= 11 is 0. The number of hydrogen-bond acceptors (Lipinski definition) is 2. The van der Waals surface area contributed by atoms with Crippen molar-refractivity contribution in [1.82, 2.24) is 14.7 Å². The van der Waals surface area contributed by atoms with Gasteiger partial charge < -0.3 is 14.7 Å². The number of carbonyl (C=O) groups excluding carboxylic acids is 2. The van der Waals surface area contributed by atoms with Crippen molar-refractivity contribution < 1.29 is 9.59 Å². The summed E-state index contributed by atoms with van der Waals surface area (Å²) in [6.07, 6.45) is 1.31. The van der Waals surface area contributed by atoms with E-state index in [0.717, 1.165) is 19.5 Å². The monoisotopic (exact) mass is 331 g/mol. The van der Waals surface area contributed by atoms with Gasteiger partial charge in [-0.25, -0.2) is 4.79 Å². The van der Waals surface area contributed by atoms with Gasteiger partial charge in [0.15, 0.2) is 0 Å². The fourth-order valence-electron chi connectivity index (χ4n) is 3.01. The first-order valence-corrected chi connectivity index (χ1v) is 8.92. The third-order valence-electron chi connectivity index (χ3n) is 4.69. The highest BCUT2D eigenvalue weighted by atomic mass is 16.2. The Kier molecular flexibility index (Phi) is 6.64. The maximum atomic E-state index is 12.4. The Balaban J connectivity index is 1.78. The molecule has 0 aromatic heterocycles. The van der Waals surface area contributed by atoms with Crippen LogP contribution in [0.1, 0.15) is 31.4 Å². The maximum absolute atomic E-state index is 12.4. The molecular formula is C19H29N3O2. The summed E-state index contributed by atoms with van der Waals surface area (Å²) < 4.78 is 0. The van der Waals surface area contributed by atoms with E-state index in [9.17, 15) is 9.59 Å². The average Bonchev–Trinajstić information content (AvgIpc) is 2.62. The smallest absolute Gasteiger partial charge is 0.320 e. The van der Waals surface area contributed by atoms with Gasteiger partial charge >= 0.3 is 6.03 Å². The van der Waals surface area contributed by atoms with E-state index >= 15 is 0 Å². The Bertz CT molecular complexity index is 544. The molecule has 1 fully saturated rings. The van der Waals surface area contributed by atoms with E-state index in [0.29, 0.717) is 32.6 Å². The molecule has 0 saturated carbocycles. The molecule has 1 aliphatic heterocycles. The second-order valence-electron chi connectivity index (χ2n) is 6.31. The molecule has 1 aliphatic rings. The minimum atomic E-state index is 0.0896. The van der Waals surface area contributed by atoms with E-state index in [1.165, 1.54) is 11.1 Å². The Hall–Kier alpha value is -2.04. The van der Waals surface area contributed by atoms with Crippen molar-refractivity contribution in [3.05, 3.63) is 35.4 Å². The van der Waals surface area contributed by atoms with Crippen molar-refractivity contribution >= 4 is 11.9 Å². The van der Waals surface area contributed by atoms with Crippen LogP contribution in [0.4, 0.5) is 4.79 Å². The fourth-order valence-corrected chi connectivity index (χ4v) is 3.01. The average molecular weight is 331 g/mol. The topological polar surface area (TPSA) is 43.9 Å². The van der Waals surface area contributed by atoms with Gasteiger partial charge in [0.2, 0.25) is 5.91 Å². The van der Waals surface area contributed by atoms with Gasteiger partial charge in [-0.3, -0.25) is 4.79 Å². The van der Waals surface area contributed by atoms with Gasteiger partial charge in [0.05, 0.1) is 0 Å². The molecular weight excluding hydrogens is 302 g/mol. The first kappa shape index (κ1) is 18.3. The summed E-state index contributed by atoms with van der Waals surface area (Å²) in [4.78, 5) is 30.3. The molecule has 1 aromatic carbocycles. The first-order chi connectivity index (χ1) is 11.5. The zero-order valence-corrected chi connectivity index (χ0v) is 15.1. The minimum absolute atomic E-state index is 0.0896. The van der Waals surface area contributed by atoms with Gasteiger partial charge in [0.25, 0.3) is 0 Å². The molecule has 24 heavy (non-hydrogen) atoms. The lowest BCUT2D eigenvalue weighted by Gasteiger charge is -2.37. The molecule has 0 N–H and O–H groups in total. The first-order valence-electron chi connectivity index (χ1n) is 8.92. The number of nitrogens with zero attached hydrogens (tertiary/aromatic N) is 3. The number of hydrogen-bond donors (Lipinski definition) is 0. The molecule has 2 rings (SSSR count). The van der Waals surface area contributed by atoms with Gasteiger partial charge in [-0.1, -0.05) is 29.8 Å². The van der Waals surface area contributed by atoms with Gasteiger partial charge in [0, 0.05) is 45.7 Å². The van der Waals surface area contributed by atoms with Crippen LogP contribution in [-0.2, 0) is 11.2 Å². The summed E-state index contributed by atoms with van der Waals surface area (Å²) in [5.74, 6) is 0.186. The standard InChI is InChI=1S/C19H29N3O2/c1-4-20(5-2)19(24)22-14-12-21(13-15-22)18(23)11-10-17-8-6-16(3)7-9-17/h6-9H,4-5,10-15H2,1-3H3. The van der Waals surface area contributed by atoms with Crippen LogP contribution < -0.4 is 0 Å². The van der Waals surface area contributed by atoms with Gasteiger partial charge in [-0.2, -0.15) is 0 Å². The van der Waals surface area contributed by atoms with Crippen LogP contribution in [0.15, 0.2) is 24.3 Å². The highest BCUT2D eigenvalue weighted by Crippen LogP contribution is 2.10. The predicted molar refractivity (Wildman–Crippen MR) is 96.0 cm³/mol. The lowest BCUT2D eigenvalue weighted by atomic mass is 10.1. The molecule has 5 heteroatoms. The molecule has 1 saturated heterocycles. The van der Waals surface area contributed by atoms with E-state index in [1.807, 2.05) is 28.5 Å². The summed E-state index contributed by atoms with van der Waals surface area (Å²) in [6.45, 7) is 10.0. The quantitative estimate of drug-likeness (QED) is 0.832. The van der Waals surface area contributed by atoms with Crippen molar-refractivity contribution in [1.29, 1.82) is 0 Å². The van der Waals surface area contributed by atoms with E-state index < -0.39 is 0 Å². The maximum Gasteiger partial charge on any atom is 0.320 e. The minimum Gasteiger partial charge on any atom is -0.339 e. The molecule has 0 radical (unpaired) electrons. The molecule has 0 spiro atoms. The molecule has 0 aliphatic carbocycles. The summed E-state index contributed by atoms with van der Waals surface area (Å²) in [6, 6.07) is 8.42. The van der Waals surface area contributed by atoms with E-state index in [4.69, 9.17) is 0 Å². The zero-order chi connectivity index (χ0) is 17.5. The molecule has 0 bridgehead atoms. The molecule has 5 nitrogen and oxygen atoms in total. The Morgan fingerprint density at radius 2 is 1.50 bits per heavy atom. The summed E-state index contributed by atoms with van der Waals surface area (Å²) in [5.41, 5.74) is 2.43. The number of rotatable bonds is 5. The van der Waals surface area contributed by atoms with Crippen LogP contribution >= 0.6 is 0 Å². The zero-order valence-electron chi connectivity index (χ0n) is 15.1. The van der Waals surface area contributed by atoms with E-state index in [2.05, 4.69) is 31.2 Å². The predicted octanol–water partition coefficient (Wildman–Crippen LogP) is 2.53. The Labute approximate surface area is 145 Å². The number of urea groups is 1. The second-order valence-corrected chi connectivity index (χ2v) is 6.31. The van der Waals surface area contributed by atoms with E-state index in [1.54, 1.807) is 0 Å². The normalized spacial score (nSPS) is 14.6. The molecule has 132 valence electrons. The number of piperazine rings is 1. The Morgan fingerprint density at radius 3 is 2.04 bits per heavy atom. The third-order valence-corrected chi connectivity index (χ3v) is 4.69. The number of carbonyl (C=O) groups is 2. The molecule has 3 amide bonds. The van der Waals surface area contributed by atoms with Crippen molar-refractivity contribution in [2.24, 2.45) is 0 Å². The Morgan fingerprint density at radius 1 is 0.958 bits per heavy atom. The summed E-state index contributed by atoms with van der Waals surface area (Å²) in [7, 11) is 0. The molecule has 1 aromatic rings. The van der Waals surface area contributed by atoms with Crippen LogP contribution in [0, 0.1) is 6.92 Å². The van der Waals surface area contributed by atoms with Crippen molar-refractivity contribution in [2.75, 3.05) is 39.3 Å². The van der Waals surface area contributed by atoms with Crippen molar-refractivity contribution in [2.45, 2.75) is 33.6 Å². The number of aryl methyl sites for hydroxylation is 2.